The van der Waals surface area contributed by atoms with E-state index < -0.39 is 12.1 Å². The average Bonchev–Trinajstić information content (AvgIpc) is 2.47. The predicted molar refractivity (Wildman–Crippen MR) is 48.5 cm³/mol. The Morgan fingerprint density at radius 3 is 2.85 bits per heavy atom. The van der Waals surface area contributed by atoms with Crippen LogP contribution >= 0.6 is 0 Å². The van der Waals surface area contributed by atoms with Crippen molar-refractivity contribution < 1.29 is 15.0 Å². The number of carboxylic acids is 1. The summed E-state index contributed by atoms with van der Waals surface area (Å²) in [6.45, 7) is 1.01. The number of aliphatic hydroxyl groups excluding tert-OH is 1. The minimum absolute atomic E-state index is 0.0610. The number of aliphatic hydroxyl groups is 1. The average molecular weight is 187 g/mol. The van der Waals surface area contributed by atoms with Gasteiger partial charge in [-0.2, -0.15) is 0 Å². The second kappa shape index (κ2) is 4.58. The van der Waals surface area contributed by atoms with Gasteiger partial charge in [0.15, 0.2) is 0 Å². The van der Waals surface area contributed by atoms with E-state index in [0.717, 1.165) is 19.4 Å². The van der Waals surface area contributed by atoms with Gasteiger partial charge < -0.3 is 15.1 Å². The van der Waals surface area contributed by atoms with Crippen molar-refractivity contribution in [2.24, 2.45) is 0 Å². The Balaban J connectivity index is 2.29. The molecule has 0 aliphatic carbocycles. The molecule has 13 heavy (non-hydrogen) atoms. The molecule has 1 fully saturated rings. The van der Waals surface area contributed by atoms with Crippen LogP contribution in [0.2, 0.25) is 0 Å². The molecule has 76 valence electrons. The van der Waals surface area contributed by atoms with E-state index in [4.69, 9.17) is 5.11 Å². The third-order valence-corrected chi connectivity index (χ3v) is 2.67. The highest BCUT2D eigenvalue weighted by atomic mass is 16.4. The van der Waals surface area contributed by atoms with Gasteiger partial charge in [0.05, 0.1) is 6.10 Å². The molecular formula is C9H17NO3. The number of hydrogen-bond donors (Lipinski definition) is 2. The predicted octanol–water partition coefficient (Wildman–Crippen LogP) is 0.306. The molecule has 1 heterocycles. The minimum atomic E-state index is -0.834. The highest BCUT2D eigenvalue weighted by molar-refractivity contribution is 5.66. The van der Waals surface area contributed by atoms with Crippen LogP contribution in [0.15, 0.2) is 0 Å². The molecule has 2 N–H and O–H groups in total. The Morgan fingerprint density at radius 1 is 1.69 bits per heavy atom. The van der Waals surface area contributed by atoms with Crippen LogP contribution in [0.1, 0.15) is 25.7 Å². The van der Waals surface area contributed by atoms with Crippen molar-refractivity contribution in [1.82, 2.24) is 4.90 Å². The molecule has 0 saturated carbocycles. The van der Waals surface area contributed by atoms with E-state index in [0.29, 0.717) is 6.42 Å². The second-order valence-electron chi connectivity index (χ2n) is 3.69. The molecule has 0 aromatic carbocycles. The van der Waals surface area contributed by atoms with Crippen LogP contribution in [-0.4, -0.2) is 46.8 Å². The largest absolute Gasteiger partial charge is 0.481 e. The number of carboxylic acid groups (broad SMARTS) is 1. The molecule has 1 aliphatic rings. The first kappa shape index (κ1) is 10.5. The van der Waals surface area contributed by atoms with Gasteiger partial charge in [-0.25, -0.2) is 0 Å². The van der Waals surface area contributed by atoms with Crippen molar-refractivity contribution in [3.63, 3.8) is 0 Å². The molecule has 0 aromatic rings. The third kappa shape index (κ3) is 2.97. The fourth-order valence-corrected chi connectivity index (χ4v) is 1.89. The van der Waals surface area contributed by atoms with Crippen LogP contribution in [0.5, 0.6) is 0 Å². The summed E-state index contributed by atoms with van der Waals surface area (Å²) in [6.07, 6.45) is 2.03. The second-order valence-corrected chi connectivity index (χ2v) is 3.69. The normalized spacial score (nSPS) is 26.2. The molecule has 1 aliphatic heterocycles. The number of likely N-dealkylation sites (tertiary alicyclic amines) is 1. The Labute approximate surface area is 78.2 Å². The maximum Gasteiger partial charge on any atom is 0.303 e. The highest BCUT2D eigenvalue weighted by Gasteiger charge is 2.27. The Bertz CT molecular complexity index is 184. The van der Waals surface area contributed by atoms with E-state index in [9.17, 15) is 9.90 Å². The standard InChI is InChI=1S/C9H17NO3/c1-10-6-2-3-7(10)8(11)4-5-9(12)13/h7-8,11H,2-6H2,1H3,(H,12,13). The number of likely N-dealkylation sites (N-methyl/N-ethyl adjacent to an activating group) is 1. The lowest BCUT2D eigenvalue weighted by Gasteiger charge is -2.24. The maximum absolute atomic E-state index is 10.3. The van der Waals surface area contributed by atoms with Crippen molar-refractivity contribution in [2.45, 2.75) is 37.8 Å². The molecule has 0 spiro atoms. The molecule has 4 nitrogen and oxygen atoms in total. The van der Waals surface area contributed by atoms with Gasteiger partial charge in [-0.15, -0.1) is 0 Å². The third-order valence-electron chi connectivity index (χ3n) is 2.67. The van der Waals surface area contributed by atoms with Gasteiger partial charge in [0.25, 0.3) is 0 Å². The first-order valence-electron chi connectivity index (χ1n) is 4.71. The van der Waals surface area contributed by atoms with Gasteiger partial charge in [0, 0.05) is 12.5 Å². The zero-order valence-corrected chi connectivity index (χ0v) is 7.94. The fraction of sp³-hybridized carbons (Fsp3) is 0.889. The number of hydrogen-bond acceptors (Lipinski definition) is 3. The van der Waals surface area contributed by atoms with E-state index in [1.165, 1.54) is 0 Å². The number of aliphatic carboxylic acids is 1. The number of carbonyl (C=O) groups is 1. The first-order valence-corrected chi connectivity index (χ1v) is 4.71. The molecule has 1 saturated heterocycles. The van der Waals surface area contributed by atoms with Gasteiger partial charge in [0.2, 0.25) is 0 Å². The van der Waals surface area contributed by atoms with Crippen LogP contribution in [0, 0.1) is 0 Å². The van der Waals surface area contributed by atoms with Crippen LogP contribution in [0.25, 0.3) is 0 Å². The zero-order chi connectivity index (χ0) is 9.84. The summed E-state index contributed by atoms with van der Waals surface area (Å²) in [5.74, 6) is -0.834. The Kier molecular flexibility index (Phi) is 3.69. The summed E-state index contributed by atoms with van der Waals surface area (Å²) in [5, 5.41) is 18.1. The minimum Gasteiger partial charge on any atom is -0.481 e. The van der Waals surface area contributed by atoms with Gasteiger partial charge >= 0.3 is 5.97 Å². The Hall–Kier alpha value is -0.610. The van der Waals surface area contributed by atoms with Gasteiger partial charge in [-0.1, -0.05) is 0 Å². The fourth-order valence-electron chi connectivity index (χ4n) is 1.89. The summed E-state index contributed by atoms with van der Waals surface area (Å²) < 4.78 is 0. The molecule has 0 aromatic heterocycles. The lowest BCUT2D eigenvalue weighted by molar-refractivity contribution is -0.137. The van der Waals surface area contributed by atoms with E-state index >= 15 is 0 Å². The van der Waals surface area contributed by atoms with Crippen LogP contribution in [0.4, 0.5) is 0 Å². The summed E-state index contributed by atoms with van der Waals surface area (Å²) in [7, 11) is 1.97. The molecule has 2 atom stereocenters. The SMILES string of the molecule is CN1CCCC1C(O)CCC(=O)O. The van der Waals surface area contributed by atoms with Gasteiger partial charge in [-0.3, -0.25) is 4.79 Å². The van der Waals surface area contributed by atoms with E-state index in [1.807, 2.05) is 7.05 Å². The Morgan fingerprint density at radius 2 is 2.38 bits per heavy atom. The van der Waals surface area contributed by atoms with E-state index in [-0.39, 0.29) is 12.5 Å². The first-order chi connectivity index (χ1) is 6.11. The van der Waals surface area contributed by atoms with Crippen molar-refractivity contribution >= 4 is 5.97 Å². The van der Waals surface area contributed by atoms with Crippen molar-refractivity contribution in [2.75, 3.05) is 13.6 Å². The summed E-state index contributed by atoms with van der Waals surface area (Å²) in [4.78, 5) is 12.4. The summed E-state index contributed by atoms with van der Waals surface area (Å²) >= 11 is 0. The van der Waals surface area contributed by atoms with Crippen LogP contribution < -0.4 is 0 Å². The quantitative estimate of drug-likeness (QED) is 0.665. The lowest BCUT2D eigenvalue weighted by Crippen LogP contribution is -2.36. The summed E-state index contributed by atoms with van der Waals surface area (Å²) in [6, 6.07) is 0.166. The molecule has 0 bridgehead atoms. The molecule has 2 unspecified atom stereocenters. The monoisotopic (exact) mass is 187 g/mol. The molecule has 4 heteroatoms. The van der Waals surface area contributed by atoms with Crippen LogP contribution in [-0.2, 0) is 4.79 Å². The van der Waals surface area contributed by atoms with Crippen LogP contribution in [0.3, 0.4) is 0 Å². The molecule has 1 rings (SSSR count). The molecule has 0 amide bonds. The number of rotatable bonds is 4. The highest BCUT2D eigenvalue weighted by Crippen LogP contribution is 2.20. The lowest BCUT2D eigenvalue weighted by atomic mass is 10.0. The van der Waals surface area contributed by atoms with Gasteiger partial charge in [-0.05, 0) is 32.9 Å². The molecular weight excluding hydrogens is 170 g/mol. The zero-order valence-electron chi connectivity index (χ0n) is 7.94. The number of nitrogens with zero attached hydrogens (tertiary/aromatic N) is 1. The van der Waals surface area contributed by atoms with E-state index in [2.05, 4.69) is 4.90 Å². The van der Waals surface area contributed by atoms with E-state index in [1.54, 1.807) is 0 Å². The van der Waals surface area contributed by atoms with Crippen molar-refractivity contribution in [3.8, 4) is 0 Å². The topological polar surface area (TPSA) is 60.8 Å². The summed E-state index contributed by atoms with van der Waals surface area (Å²) in [5.41, 5.74) is 0. The van der Waals surface area contributed by atoms with Crippen molar-refractivity contribution in [1.29, 1.82) is 0 Å². The molecule has 0 radical (unpaired) electrons. The maximum atomic E-state index is 10.3. The smallest absolute Gasteiger partial charge is 0.303 e. The van der Waals surface area contributed by atoms with Gasteiger partial charge in [0.1, 0.15) is 0 Å². The van der Waals surface area contributed by atoms with Crippen molar-refractivity contribution in [3.05, 3.63) is 0 Å².